The molecule has 1 unspecified atom stereocenters. The zero-order valence-corrected chi connectivity index (χ0v) is 13.5. The van der Waals surface area contributed by atoms with Gasteiger partial charge < -0.3 is 14.8 Å². The van der Waals surface area contributed by atoms with E-state index in [4.69, 9.17) is 5.11 Å². The van der Waals surface area contributed by atoms with Crippen LogP contribution < -0.4 is 29.6 Å². The van der Waals surface area contributed by atoms with E-state index in [1.165, 1.54) is 0 Å². The van der Waals surface area contributed by atoms with Gasteiger partial charge in [0.1, 0.15) is 0 Å². The Morgan fingerprint density at radius 2 is 1.67 bits per heavy atom. The summed E-state index contributed by atoms with van der Waals surface area (Å²) in [5.74, 6) is -0.732. The largest absolute Gasteiger partial charge is 1.00 e. The molecule has 0 amide bonds. The monoisotopic (exact) mass is 290 g/mol. The van der Waals surface area contributed by atoms with Gasteiger partial charge in [0.15, 0.2) is 0 Å². The summed E-state index contributed by atoms with van der Waals surface area (Å²) in [6, 6.07) is 0. The summed E-state index contributed by atoms with van der Waals surface area (Å²) in [7, 11) is -4.36. The first-order chi connectivity index (χ1) is 7.90. The average molecular weight is 290 g/mol. The van der Waals surface area contributed by atoms with Gasteiger partial charge in [-0.1, -0.05) is 0 Å². The van der Waals surface area contributed by atoms with Crippen LogP contribution in [0.1, 0.15) is 0 Å². The van der Waals surface area contributed by atoms with E-state index in [0.29, 0.717) is 19.6 Å². The molecular weight excluding hydrogens is 271 g/mol. The Hall–Kier alpha value is 0.750. The molecule has 1 saturated heterocycles. The van der Waals surface area contributed by atoms with Gasteiger partial charge in [0.05, 0.1) is 28.6 Å². The predicted molar refractivity (Wildman–Crippen MR) is 60.5 cm³/mol. The van der Waals surface area contributed by atoms with Crippen LogP contribution in [0.2, 0.25) is 0 Å². The normalized spacial score (nSPS) is 20.4. The van der Waals surface area contributed by atoms with Crippen LogP contribution in [0.5, 0.6) is 0 Å². The molecule has 1 atom stereocenters. The van der Waals surface area contributed by atoms with Crippen LogP contribution in [-0.4, -0.2) is 90.7 Å². The number of hydrogen-bond acceptors (Lipinski definition) is 7. The van der Waals surface area contributed by atoms with E-state index in [1.54, 1.807) is 0 Å². The Kier molecular flexibility index (Phi) is 9.20. The molecule has 1 aliphatic heterocycles. The van der Waals surface area contributed by atoms with Crippen LogP contribution in [0.25, 0.3) is 0 Å². The molecule has 0 spiro atoms. The molecule has 9 heteroatoms. The topological polar surface area (TPSA) is 104 Å². The van der Waals surface area contributed by atoms with Gasteiger partial charge in [-0.15, -0.1) is 0 Å². The average Bonchev–Trinajstić information content (AvgIpc) is 2.18. The first kappa shape index (κ1) is 18.8. The van der Waals surface area contributed by atoms with E-state index in [2.05, 4.69) is 4.90 Å². The maximum absolute atomic E-state index is 10.5. The van der Waals surface area contributed by atoms with E-state index in [1.807, 2.05) is 4.90 Å². The van der Waals surface area contributed by atoms with Crippen molar-refractivity contribution in [3.63, 3.8) is 0 Å². The van der Waals surface area contributed by atoms with Gasteiger partial charge >= 0.3 is 29.6 Å². The van der Waals surface area contributed by atoms with Gasteiger partial charge in [0, 0.05) is 39.3 Å². The molecule has 0 aromatic rings. The number of aliphatic hydroxyl groups excluding tert-OH is 2. The van der Waals surface area contributed by atoms with Crippen LogP contribution >= 0.6 is 0 Å². The Morgan fingerprint density at radius 1 is 1.17 bits per heavy atom. The van der Waals surface area contributed by atoms with Crippen molar-refractivity contribution in [1.82, 2.24) is 9.80 Å². The molecule has 1 aliphatic rings. The molecule has 7 nitrogen and oxygen atoms in total. The van der Waals surface area contributed by atoms with Crippen molar-refractivity contribution in [2.75, 3.05) is 51.6 Å². The molecule has 0 aromatic carbocycles. The molecule has 0 aromatic heterocycles. The maximum atomic E-state index is 10.5. The van der Waals surface area contributed by atoms with Crippen LogP contribution in [-0.2, 0) is 10.1 Å². The molecule has 0 bridgehead atoms. The molecule has 2 N–H and O–H groups in total. The van der Waals surface area contributed by atoms with Crippen molar-refractivity contribution in [2.24, 2.45) is 0 Å². The van der Waals surface area contributed by atoms with Crippen molar-refractivity contribution in [3.05, 3.63) is 0 Å². The minimum Gasteiger partial charge on any atom is -0.748 e. The third kappa shape index (κ3) is 8.03. The van der Waals surface area contributed by atoms with E-state index in [-0.39, 0.29) is 42.7 Å². The molecule has 18 heavy (non-hydrogen) atoms. The minimum absolute atomic E-state index is 0. The zero-order chi connectivity index (χ0) is 12.9. The molecule has 102 valence electrons. The molecule has 1 heterocycles. The van der Waals surface area contributed by atoms with E-state index in [9.17, 15) is 18.1 Å². The second-order valence-corrected chi connectivity index (χ2v) is 5.69. The van der Waals surface area contributed by atoms with Crippen LogP contribution in [0.3, 0.4) is 0 Å². The van der Waals surface area contributed by atoms with Gasteiger partial charge in [0.25, 0.3) is 0 Å². The van der Waals surface area contributed by atoms with Crippen molar-refractivity contribution in [2.45, 2.75) is 6.10 Å². The molecule has 0 saturated carbocycles. The third-order valence-electron chi connectivity index (χ3n) is 2.75. The standard InChI is InChI=1S/C9H20N2O5S.Na/c12-6-5-10-1-3-11(4-2-10)7-9(13)8-17(14,15)16;/h9,12-13H,1-8H2,(H,14,15,16);/q;+1/p-1. The first-order valence-electron chi connectivity index (χ1n) is 5.58. The molecule has 1 rings (SSSR count). The van der Waals surface area contributed by atoms with Gasteiger partial charge in [-0.2, -0.15) is 0 Å². The SMILES string of the molecule is O=S(=O)([O-])CC(O)CN1CCN(CCO)CC1.[Na+]. The Labute approximate surface area is 130 Å². The van der Waals surface area contributed by atoms with Gasteiger partial charge in [0.2, 0.25) is 0 Å². The second kappa shape index (κ2) is 8.83. The van der Waals surface area contributed by atoms with Crippen molar-refractivity contribution < 1.29 is 52.7 Å². The number of rotatable bonds is 6. The number of hydrogen-bond donors (Lipinski definition) is 2. The molecule has 0 radical (unpaired) electrons. The smallest absolute Gasteiger partial charge is 0.748 e. The maximum Gasteiger partial charge on any atom is 1.00 e. The molecule has 0 aliphatic carbocycles. The first-order valence-corrected chi connectivity index (χ1v) is 7.15. The second-order valence-electron chi connectivity index (χ2n) is 4.24. The Balaban J connectivity index is 0.00000289. The molecular formula is C9H19N2NaO5S. The summed E-state index contributed by atoms with van der Waals surface area (Å²) in [5.41, 5.74) is 0. The third-order valence-corrected chi connectivity index (χ3v) is 3.54. The Morgan fingerprint density at radius 3 is 2.11 bits per heavy atom. The zero-order valence-electron chi connectivity index (χ0n) is 10.7. The quantitative estimate of drug-likeness (QED) is 0.371. The number of β-amino-alcohol motifs (C(OH)–C–C–N with tert-alkyl or cyclic N) is 2. The summed E-state index contributed by atoms with van der Waals surface area (Å²) < 4.78 is 31.4. The van der Waals surface area contributed by atoms with Gasteiger partial charge in [-0.05, 0) is 0 Å². The summed E-state index contributed by atoms with van der Waals surface area (Å²) in [6.07, 6.45) is -1.12. The summed E-state index contributed by atoms with van der Waals surface area (Å²) in [6.45, 7) is 3.91. The number of piperazine rings is 1. The van der Waals surface area contributed by atoms with Crippen molar-refractivity contribution in [3.8, 4) is 0 Å². The van der Waals surface area contributed by atoms with Crippen molar-refractivity contribution >= 4 is 10.1 Å². The fourth-order valence-corrected chi connectivity index (χ4v) is 2.50. The van der Waals surface area contributed by atoms with Gasteiger partial charge in [-0.3, -0.25) is 9.80 Å². The van der Waals surface area contributed by atoms with E-state index < -0.39 is 22.0 Å². The van der Waals surface area contributed by atoms with Crippen LogP contribution in [0.4, 0.5) is 0 Å². The van der Waals surface area contributed by atoms with Gasteiger partial charge in [-0.25, -0.2) is 8.42 Å². The van der Waals surface area contributed by atoms with Crippen molar-refractivity contribution in [1.29, 1.82) is 0 Å². The molecule has 1 fully saturated rings. The van der Waals surface area contributed by atoms with E-state index in [0.717, 1.165) is 13.1 Å². The predicted octanol–water partition coefficient (Wildman–Crippen LogP) is -5.49. The summed E-state index contributed by atoms with van der Waals surface area (Å²) >= 11 is 0. The van der Waals surface area contributed by atoms with Crippen LogP contribution in [0.15, 0.2) is 0 Å². The van der Waals surface area contributed by atoms with E-state index >= 15 is 0 Å². The number of aliphatic hydroxyl groups is 2. The summed E-state index contributed by atoms with van der Waals surface area (Å²) in [5, 5.41) is 18.2. The number of nitrogens with zero attached hydrogens (tertiary/aromatic N) is 2. The fourth-order valence-electron chi connectivity index (χ4n) is 1.92. The summed E-state index contributed by atoms with van der Waals surface area (Å²) in [4.78, 5) is 4.01. The Bertz CT molecular complexity index is 319. The minimum atomic E-state index is -4.36. The van der Waals surface area contributed by atoms with Crippen LogP contribution in [0, 0.1) is 0 Å². The fraction of sp³-hybridized carbons (Fsp3) is 1.00.